The summed E-state index contributed by atoms with van der Waals surface area (Å²) in [4.78, 5) is 17.4. The molecule has 0 aliphatic rings. The van der Waals surface area contributed by atoms with Gasteiger partial charge in [0.2, 0.25) is 0 Å². The fourth-order valence-corrected chi connectivity index (χ4v) is 2.97. The standard InChI is InChI=1S/C20H19ClN2O/c1-12-11-17(16-9-10-18(21)13(2)19(16)22-12)20(24)23-14(3)15-7-5-4-6-8-15/h4-11,14H,1-3H3,(H,23,24). The molecule has 0 radical (unpaired) electrons. The summed E-state index contributed by atoms with van der Waals surface area (Å²) in [6.07, 6.45) is 0. The first-order chi connectivity index (χ1) is 11.5. The topological polar surface area (TPSA) is 42.0 Å². The Morgan fingerprint density at radius 1 is 1.12 bits per heavy atom. The largest absolute Gasteiger partial charge is 0.345 e. The van der Waals surface area contributed by atoms with Crippen LogP contribution >= 0.6 is 11.6 Å². The van der Waals surface area contributed by atoms with Gasteiger partial charge in [-0.1, -0.05) is 48.0 Å². The Bertz CT molecular complexity index is 906. The van der Waals surface area contributed by atoms with Crippen LogP contribution in [0.25, 0.3) is 10.9 Å². The Morgan fingerprint density at radius 3 is 2.54 bits per heavy atom. The number of aromatic nitrogens is 1. The Morgan fingerprint density at radius 2 is 1.83 bits per heavy atom. The number of halogens is 1. The van der Waals surface area contributed by atoms with Gasteiger partial charge in [0.1, 0.15) is 0 Å². The highest BCUT2D eigenvalue weighted by molar-refractivity contribution is 6.32. The number of nitrogens with one attached hydrogen (secondary N) is 1. The van der Waals surface area contributed by atoms with E-state index in [1.54, 1.807) is 0 Å². The first-order valence-electron chi connectivity index (χ1n) is 7.89. The number of amides is 1. The highest BCUT2D eigenvalue weighted by atomic mass is 35.5. The predicted octanol–water partition coefficient (Wildman–Crippen LogP) is 5.00. The van der Waals surface area contributed by atoms with Gasteiger partial charge in [-0.25, -0.2) is 0 Å². The number of hydrogen-bond acceptors (Lipinski definition) is 2. The van der Waals surface area contributed by atoms with Crippen molar-refractivity contribution in [1.29, 1.82) is 0 Å². The SMILES string of the molecule is Cc1cc(C(=O)NC(C)c2ccccc2)c2ccc(Cl)c(C)c2n1. The number of hydrogen-bond donors (Lipinski definition) is 1. The van der Waals surface area contributed by atoms with Gasteiger partial charge in [0.05, 0.1) is 17.1 Å². The quantitative estimate of drug-likeness (QED) is 0.730. The van der Waals surface area contributed by atoms with Crippen molar-refractivity contribution < 1.29 is 4.79 Å². The van der Waals surface area contributed by atoms with Crippen LogP contribution in [0.15, 0.2) is 48.5 Å². The minimum Gasteiger partial charge on any atom is -0.345 e. The second-order valence-corrected chi connectivity index (χ2v) is 6.39. The predicted molar refractivity (Wildman–Crippen MR) is 98.6 cm³/mol. The molecule has 1 unspecified atom stereocenters. The molecule has 0 fully saturated rings. The molecule has 122 valence electrons. The maximum absolute atomic E-state index is 12.8. The molecule has 1 aromatic heterocycles. The summed E-state index contributed by atoms with van der Waals surface area (Å²) < 4.78 is 0. The van der Waals surface area contributed by atoms with E-state index in [1.807, 2.05) is 69.3 Å². The molecule has 3 aromatic rings. The monoisotopic (exact) mass is 338 g/mol. The van der Waals surface area contributed by atoms with Gasteiger partial charge in [0, 0.05) is 16.1 Å². The van der Waals surface area contributed by atoms with Gasteiger partial charge < -0.3 is 5.32 Å². The molecule has 24 heavy (non-hydrogen) atoms. The first-order valence-corrected chi connectivity index (χ1v) is 8.27. The second-order valence-electron chi connectivity index (χ2n) is 5.99. The van der Waals surface area contributed by atoms with Crippen molar-refractivity contribution in [3.05, 3.63) is 75.9 Å². The minimum atomic E-state index is -0.108. The van der Waals surface area contributed by atoms with Crippen LogP contribution in [0.5, 0.6) is 0 Å². The van der Waals surface area contributed by atoms with Gasteiger partial charge in [-0.2, -0.15) is 0 Å². The van der Waals surface area contributed by atoms with E-state index in [4.69, 9.17) is 11.6 Å². The van der Waals surface area contributed by atoms with E-state index in [0.29, 0.717) is 10.6 Å². The number of benzene rings is 2. The van der Waals surface area contributed by atoms with Crippen molar-refractivity contribution in [2.45, 2.75) is 26.8 Å². The molecule has 1 heterocycles. The lowest BCUT2D eigenvalue weighted by molar-refractivity contribution is 0.0941. The molecule has 1 amide bonds. The van der Waals surface area contributed by atoms with E-state index >= 15 is 0 Å². The fraction of sp³-hybridized carbons (Fsp3) is 0.200. The van der Waals surface area contributed by atoms with Crippen LogP contribution in [-0.2, 0) is 0 Å². The lowest BCUT2D eigenvalue weighted by Crippen LogP contribution is -2.27. The highest BCUT2D eigenvalue weighted by Crippen LogP contribution is 2.27. The highest BCUT2D eigenvalue weighted by Gasteiger charge is 2.16. The van der Waals surface area contributed by atoms with Crippen molar-refractivity contribution >= 4 is 28.4 Å². The number of carbonyl (C=O) groups excluding carboxylic acids is 1. The zero-order chi connectivity index (χ0) is 17.3. The number of nitrogens with zero attached hydrogens (tertiary/aromatic N) is 1. The smallest absolute Gasteiger partial charge is 0.252 e. The van der Waals surface area contributed by atoms with Crippen LogP contribution < -0.4 is 5.32 Å². The van der Waals surface area contributed by atoms with Crippen molar-refractivity contribution in [1.82, 2.24) is 10.3 Å². The second kappa shape index (κ2) is 6.62. The Hall–Kier alpha value is -2.39. The number of rotatable bonds is 3. The summed E-state index contributed by atoms with van der Waals surface area (Å²) in [7, 11) is 0. The van der Waals surface area contributed by atoms with Crippen LogP contribution in [0, 0.1) is 13.8 Å². The number of pyridine rings is 1. The summed E-state index contributed by atoms with van der Waals surface area (Å²) >= 11 is 6.20. The first kappa shape index (κ1) is 16.5. The maximum atomic E-state index is 12.8. The zero-order valence-electron chi connectivity index (χ0n) is 13.9. The van der Waals surface area contributed by atoms with Crippen LogP contribution in [0.2, 0.25) is 5.02 Å². The summed E-state index contributed by atoms with van der Waals surface area (Å²) in [5, 5.41) is 4.54. The molecule has 0 aliphatic carbocycles. The van der Waals surface area contributed by atoms with Crippen molar-refractivity contribution in [3.8, 4) is 0 Å². The van der Waals surface area contributed by atoms with Crippen LogP contribution in [0.3, 0.4) is 0 Å². The lowest BCUT2D eigenvalue weighted by atomic mass is 10.0. The molecule has 0 spiro atoms. The molecule has 0 saturated carbocycles. The van der Waals surface area contributed by atoms with E-state index in [9.17, 15) is 4.79 Å². The van der Waals surface area contributed by atoms with Gasteiger partial charge >= 0.3 is 0 Å². The van der Waals surface area contributed by atoms with E-state index in [2.05, 4.69) is 10.3 Å². The van der Waals surface area contributed by atoms with Crippen molar-refractivity contribution in [3.63, 3.8) is 0 Å². The van der Waals surface area contributed by atoms with Gasteiger partial charge in [0.25, 0.3) is 5.91 Å². The summed E-state index contributed by atoms with van der Waals surface area (Å²) in [5.41, 5.74) is 4.16. The van der Waals surface area contributed by atoms with E-state index < -0.39 is 0 Å². The molecule has 0 saturated heterocycles. The summed E-state index contributed by atoms with van der Waals surface area (Å²) in [6.45, 7) is 5.79. The number of carbonyl (C=O) groups is 1. The van der Waals surface area contributed by atoms with Crippen LogP contribution in [0.4, 0.5) is 0 Å². The number of aryl methyl sites for hydroxylation is 2. The third-order valence-corrected chi connectivity index (χ3v) is 4.60. The molecule has 2 aromatic carbocycles. The molecule has 3 nitrogen and oxygen atoms in total. The maximum Gasteiger partial charge on any atom is 0.252 e. The molecule has 0 bridgehead atoms. The normalized spacial score (nSPS) is 12.2. The average Bonchev–Trinajstić information content (AvgIpc) is 2.58. The molecular weight excluding hydrogens is 320 g/mol. The molecule has 0 aliphatic heterocycles. The van der Waals surface area contributed by atoms with E-state index in [-0.39, 0.29) is 11.9 Å². The summed E-state index contributed by atoms with van der Waals surface area (Å²) in [6, 6.07) is 15.3. The van der Waals surface area contributed by atoms with E-state index in [0.717, 1.165) is 27.7 Å². The third kappa shape index (κ3) is 3.13. The van der Waals surface area contributed by atoms with Gasteiger partial charge in [-0.05, 0) is 44.0 Å². The molecule has 1 atom stereocenters. The summed E-state index contributed by atoms with van der Waals surface area (Å²) in [5.74, 6) is -0.108. The van der Waals surface area contributed by atoms with Gasteiger partial charge in [-0.3, -0.25) is 9.78 Å². The van der Waals surface area contributed by atoms with Crippen molar-refractivity contribution in [2.24, 2.45) is 0 Å². The average molecular weight is 339 g/mol. The van der Waals surface area contributed by atoms with Crippen LogP contribution in [-0.4, -0.2) is 10.9 Å². The Kier molecular flexibility index (Phi) is 4.54. The van der Waals surface area contributed by atoms with Gasteiger partial charge in [-0.15, -0.1) is 0 Å². The number of fused-ring (bicyclic) bond motifs is 1. The molecule has 1 N–H and O–H groups in total. The third-order valence-electron chi connectivity index (χ3n) is 4.19. The lowest BCUT2D eigenvalue weighted by Gasteiger charge is -2.16. The minimum absolute atomic E-state index is 0.0735. The zero-order valence-corrected chi connectivity index (χ0v) is 14.7. The molecule has 4 heteroatoms. The Labute approximate surface area is 146 Å². The van der Waals surface area contributed by atoms with E-state index in [1.165, 1.54) is 0 Å². The molecular formula is C20H19ClN2O. The van der Waals surface area contributed by atoms with Gasteiger partial charge in [0.15, 0.2) is 0 Å². The van der Waals surface area contributed by atoms with Crippen molar-refractivity contribution in [2.75, 3.05) is 0 Å². The fourth-order valence-electron chi connectivity index (χ4n) is 2.82. The Balaban J connectivity index is 2.00. The van der Waals surface area contributed by atoms with Crippen LogP contribution in [0.1, 0.15) is 40.1 Å². The molecule has 3 rings (SSSR count).